The third-order valence-electron chi connectivity index (χ3n) is 2.29. The molecule has 0 unspecified atom stereocenters. The lowest BCUT2D eigenvalue weighted by atomic mass is 10.4. The maximum atomic E-state index is 11.9. The van der Waals surface area contributed by atoms with Crippen molar-refractivity contribution in [2.75, 3.05) is 37.4 Å². The summed E-state index contributed by atoms with van der Waals surface area (Å²) in [6, 6.07) is 0. The van der Waals surface area contributed by atoms with Crippen molar-refractivity contribution in [3.8, 4) is 0 Å². The average molecular weight is 272 g/mol. The Bertz CT molecular complexity index is 532. The van der Waals surface area contributed by atoms with Gasteiger partial charge in [0.25, 0.3) is 6.43 Å². The van der Waals surface area contributed by atoms with Crippen molar-refractivity contribution < 1.29 is 13.5 Å². The minimum atomic E-state index is -2.45. The number of alkyl halides is 2. The Labute approximate surface area is 107 Å². The van der Waals surface area contributed by atoms with Crippen LogP contribution in [-0.4, -0.2) is 53.2 Å². The van der Waals surface area contributed by atoms with E-state index in [2.05, 4.69) is 30.6 Å². The van der Waals surface area contributed by atoms with Gasteiger partial charge in [-0.1, -0.05) is 0 Å². The van der Waals surface area contributed by atoms with Gasteiger partial charge in [0.2, 0.25) is 5.95 Å². The second-order valence-electron chi connectivity index (χ2n) is 3.64. The Morgan fingerprint density at radius 1 is 1.42 bits per heavy atom. The predicted molar refractivity (Wildman–Crippen MR) is 66.5 cm³/mol. The third kappa shape index (κ3) is 3.47. The van der Waals surface area contributed by atoms with E-state index in [0.717, 1.165) is 0 Å². The van der Waals surface area contributed by atoms with Crippen LogP contribution in [-0.2, 0) is 4.74 Å². The van der Waals surface area contributed by atoms with Crippen LogP contribution in [0.3, 0.4) is 0 Å². The fourth-order valence-electron chi connectivity index (χ4n) is 1.49. The molecule has 0 atom stereocenters. The standard InChI is InChI=1S/C10H14F2N6O/c1-13-10-17-8(7-9(18-10)16-5-15-7)14-2-3-19-4-6(11)12/h5-6H,2-4H2,1H3,(H3,13,14,15,16,17,18). The largest absolute Gasteiger partial charge is 0.374 e. The molecule has 2 heterocycles. The summed E-state index contributed by atoms with van der Waals surface area (Å²) in [6.45, 7) is -0.0352. The molecule has 2 aromatic heterocycles. The molecule has 0 spiro atoms. The highest BCUT2D eigenvalue weighted by Gasteiger charge is 2.08. The van der Waals surface area contributed by atoms with Crippen LogP contribution in [0.25, 0.3) is 11.2 Å². The van der Waals surface area contributed by atoms with E-state index in [1.807, 2.05) is 0 Å². The van der Waals surface area contributed by atoms with Crippen molar-refractivity contribution in [2.24, 2.45) is 0 Å². The van der Waals surface area contributed by atoms with Crippen molar-refractivity contribution in [2.45, 2.75) is 6.43 Å². The van der Waals surface area contributed by atoms with E-state index in [-0.39, 0.29) is 6.61 Å². The number of rotatable bonds is 7. The Kier molecular flexibility index (Phi) is 4.39. The Morgan fingerprint density at radius 3 is 3.00 bits per heavy atom. The zero-order valence-corrected chi connectivity index (χ0v) is 10.3. The Balaban J connectivity index is 1.97. The van der Waals surface area contributed by atoms with Gasteiger partial charge in [0.15, 0.2) is 11.5 Å². The number of aromatic amines is 1. The molecule has 7 nitrogen and oxygen atoms in total. The molecule has 2 aromatic rings. The maximum Gasteiger partial charge on any atom is 0.261 e. The van der Waals surface area contributed by atoms with Crippen LogP contribution in [0.5, 0.6) is 0 Å². The first-order valence-electron chi connectivity index (χ1n) is 5.69. The van der Waals surface area contributed by atoms with Crippen molar-refractivity contribution in [1.82, 2.24) is 19.9 Å². The summed E-state index contributed by atoms with van der Waals surface area (Å²) in [5.74, 6) is 0.975. The van der Waals surface area contributed by atoms with Crippen LogP contribution in [0.4, 0.5) is 20.5 Å². The van der Waals surface area contributed by atoms with Gasteiger partial charge < -0.3 is 20.4 Å². The highest BCUT2D eigenvalue weighted by Crippen LogP contribution is 2.17. The molecule has 9 heteroatoms. The second kappa shape index (κ2) is 6.23. The number of aromatic nitrogens is 4. The summed E-state index contributed by atoms with van der Waals surface area (Å²) in [4.78, 5) is 15.3. The first-order chi connectivity index (χ1) is 9.20. The summed E-state index contributed by atoms with van der Waals surface area (Å²) in [5.41, 5.74) is 1.18. The molecule has 0 amide bonds. The first-order valence-corrected chi connectivity index (χ1v) is 5.69. The summed E-state index contributed by atoms with van der Waals surface area (Å²) in [6.07, 6.45) is -0.939. The minimum Gasteiger partial charge on any atom is -0.374 e. The van der Waals surface area contributed by atoms with Crippen LogP contribution in [0.2, 0.25) is 0 Å². The van der Waals surface area contributed by atoms with Crippen LogP contribution in [0, 0.1) is 0 Å². The molecule has 3 N–H and O–H groups in total. The number of imidazole rings is 1. The van der Waals surface area contributed by atoms with E-state index < -0.39 is 13.0 Å². The number of anilines is 2. The molecule has 0 fully saturated rings. The number of fused-ring (bicyclic) bond motifs is 1. The molecule has 0 aliphatic heterocycles. The van der Waals surface area contributed by atoms with E-state index in [1.54, 1.807) is 7.05 Å². The highest BCUT2D eigenvalue weighted by molar-refractivity contribution is 5.83. The normalized spacial score (nSPS) is 11.2. The molecule has 0 saturated carbocycles. The molecular weight excluding hydrogens is 258 g/mol. The second-order valence-corrected chi connectivity index (χ2v) is 3.64. The van der Waals surface area contributed by atoms with E-state index in [1.165, 1.54) is 6.33 Å². The Morgan fingerprint density at radius 2 is 2.26 bits per heavy atom. The van der Waals surface area contributed by atoms with E-state index >= 15 is 0 Å². The fourth-order valence-corrected chi connectivity index (χ4v) is 1.49. The van der Waals surface area contributed by atoms with Crippen molar-refractivity contribution in [3.63, 3.8) is 0 Å². The number of nitrogens with zero attached hydrogens (tertiary/aromatic N) is 3. The van der Waals surface area contributed by atoms with Gasteiger partial charge in [0.1, 0.15) is 12.1 Å². The monoisotopic (exact) mass is 272 g/mol. The Hall–Kier alpha value is -2.03. The van der Waals surface area contributed by atoms with Gasteiger partial charge in [-0.2, -0.15) is 9.97 Å². The molecule has 19 heavy (non-hydrogen) atoms. The van der Waals surface area contributed by atoms with Gasteiger partial charge >= 0.3 is 0 Å². The molecule has 0 aliphatic carbocycles. The first kappa shape index (κ1) is 13.4. The molecule has 0 saturated heterocycles. The number of nitrogens with one attached hydrogen (secondary N) is 3. The zero-order chi connectivity index (χ0) is 13.7. The van der Waals surface area contributed by atoms with E-state index in [4.69, 9.17) is 4.74 Å². The molecule has 0 radical (unpaired) electrons. The zero-order valence-electron chi connectivity index (χ0n) is 10.3. The molecule has 0 aromatic carbocycles. The lowest BCUT2D eigenvalue weighted by Gasteiger charge is -2.08. The number of hydrogen-bond donors (Lipinski definition) is 3. The summed E-state index contributed by atoms with van der Waals surface area (Å²) in [5, 5.41) is 5.81. The van der Waals surface area contributed by atoms with Gasteiger partial charge in [0, 0.05) is 13.6 Å². The van der Waals surface area contributed by atoms with Gasteiger partial charge in [-0.05, 0) is 0 Å². The van der Waals surface area contributed by atoms with Gasteiger partial charge in [-0.15, -0.1) is 0 Å². The lowest BCUT2D eigenvalue weighted by Crippen LogP contribution is -2.14. The van der Waals surface area contributed by atoms with Gasteiger partial charge in [-0.3, -0.25) is 0 Å². The van der Waals surface area contributed by atoms with Gasteiger partial charge in [-0.25, -0.2) is 13.8 Å². The topological polar surface area (TPSA) is 87.8 Å². The van der Waals surface area contributed by atoms with Crippen molar-refractivity contribution >= 4 is 22.9 Å². The average Bonchev–Trinajstić information content (AvgIpc) is 2.85. The summed E-state index contributed by atoms with van der Waals surface area (Å²) >= 11 is 0. The number of halogens is 2. The molecule has 0 aliphatic rings. The van der Waals surface area contributed by atoms with Crippen LogP contribution >= 0.6 is 0 Å². The predicted octanol–water partition coefficient (Wildman–Crippen LogP) is 1.09. The minimum absolute atomic E-state index is 0.166. The fraction of sp³-hybridized carbons (Fsp3) is 0.500. The van der Waals surface area contributed by atoms with Gasteiger partial charge in [0.05, 0.1) is 12.9 Å². The van der Waals surface area contributed by atoms with Crippen LogP contribution < -0.4 is 10.6 Å². The van der Waals surface area contributed by atoms with Crippen molar-refractivity contribution in [3.05, 3.63) is 6.33 Å². The smallest absolute Gasteiger partial charge is 0.261 e. The highest BCUT2D eigenvalue weighted by atomic mass is 19.3. The molecule has 104 valence electrons. The maximum absolute atomic E-state index is 11.9. The summed E-state index contributed by atoms with van der Waals surface area (Å²) in [7, 11) is 1.70. The quantitative estimate of drug-likeness (QED) is 0.654. The number of hydrogen-bond acceptors (Lipinski definition) is 6. The van der Waals surface area contributed by atoms with Crippen LogP contribution in [0.1, 0.15) is 0 Å². The van der Waals surface area contributed by atoms with Crippen molar-refractivity contribution in [1.29, 1.82) is 0 Å². The molecule has 2 rings (SSSR count). The molecule has 0 bridgehead atoms. The lowest BCUT2D eigenvalue weighted by molar-refractivity contribution is 0.0215. The summed E-state index contributed by atoms with van der Waals surface area (Å²) < 4.78 is 28.5. The van der Waals surface area contributed by atoms with E-state index in [9.17, 15) is 8.78 Å². The number of ether oxygens (including phenoxy) is 1. The number of H-pyrrole nitrogens is 1. The SMILES string of the molecule is CNc1nc(NCCOCC(F)F)c2[nH]cnc2n1. The third-order valence-corrected chi connectivity index (χ3v) is 2.29. The van der Waals surface area contributed by atoms with Crippen LogP contribution in [0.15, 0.2) is 6.33 Å². The molecular formula is C10H14F2N6O. The van der Waals surface area contributed by atoms with E-state index in [0.29, 0.717) is 29.5 Å².